The number of nitrogens with zero attached hydrogens (tertiary/aromatic N) is 4. The van der Waals surface area contributed by atoms with E-state index < -0.39 is 47.4 Å². The fraction of sp³-hybridized carbons (Fsp3) is 0.393. The van der Waals surface area contributed by atoms with Gasteiger partial charge < -0.3 is 30.5 Å². The molecule has 0 aromatic carbocycles. The van der Waals surface area contributed by atoms with E-state index in [0.717, 1.165) is 23.3 Å². The average Bonchev–Trinajstić information content (AvgIpc) is 3.42. The van der Waals surface area contributed by atoms with Gasteiger partial charge in [0.15, 0.2) is 10.8 Å². The number of nitrogen functional groups attached to an aromatic ring is 1. The number of ether oxygens (including phenoxy) is 3. The minimum absolute atomic E-state index is 0.0480. The molecule has 0 aliphatic carbocycles. The average molecular weight is 645 g/mol. The molecule has 2 aliphatic heterocycles. The van der Waals surface area contributed by atoms with Crippen LogP contribution in [0.25, 0.3) is 6.08 Å². The Morgan fingerprint density at radius 1 is 1.27 bits per heavy atom. The third-order valence-corrected chi connectivity index (χ3v) is 8.38. The molecule has 16 heteroatoms. The number of hydrogen-bond donors (Lipinski definition) is 3. The van der Waals surface area contributed by atoms with E-state index in [1.54, 1.807) is 30.6 Å². The molecule has 234 valence electrons. The summed E-state index contributed by atoms with van der Waals surface area (Å²) in [5.41, 5.74) is 6.42. The molecule has 4 heterocycles. The van der Waals surface area contributed by atoms with Crippen molar-refractivity contribution in [3.8, 4) is 0 Å². The van der Waals surface area contributed by atoms with E-state index in [9.17, 15) is 24.4 Å². The number of thioether (sulfide) groups is 1. The summed E-state index contributed by atoms with van der Waals surface area (Å²) in [7, 11) is 0. The van der Waals surface area contributed by atoms with Crippen molar-refractivity contribution in [3.63, 3.8) is 0 Å². The van der Waals surface area contributed by atoms with E-state index in [4.69, 9.17) is 19.9 Å². The van der Waals surface area contributed by atoms with Crippen molar-refractivity contribution in [1.29, 1.82) is 0 Å². The molecule has 1 unspecified atom stereocenters. The summed E-state index contributed by atoms with van der Waals surface area (Å²) in [6.07, 6.45) is 5.91. The van der Waals surface area contributed by atoms with Gasteiger partial charge in [0.25, 0.3) is 11.8 Å². The van der Waals surface area contributed by atoms with Crippen molar-refractivity contribution in [1.82, 2.24) is 20.2 Å². The zero-order valence-corrected chi connectivity index (χ0v) is 25.8. The normalized spacial score (nSPS) is 19.0. The van der Waals surface area contributed by atoms with Crippen LogP contribution in [0.3, 0.4) is 0 Å². The number of esters is 1. The number of nitrogens with two attached hydrogens (primary N) is 1. The summed E-state index contributed by atoms with van der Waals surface area (Å²) in [5, 5.41) is 15.9. The first-order valence-electron chi connectivity index (χ1n) is 13.6. The number of thiazole rings is 1. The second-order valence-electron chi connectivity index (χ2n) is 10.1. The molecule has 0 radical (unpaired) electrons. The highest BCUT2D eigenvalue weighted by molar-refractivity contribution is 8.00. The molecule has 4 rings (SSSR count). The zero-order chi connectivity index (χ0) is 31.8. The summed E-state index contributed by atoms with van der Waals surface area (Å²) in [6.45, 7) is 5.64. The van der Waals surface area contributed by atoms with Gasteiger partial charge >= 0.3 is 12.1 Å². The molecule has 2 aromatic heterocycles. The van der Waals surface area contributed by atoms with Gasteiger partial charge in [-0.15, -0.1) is 23.1 Å². The van der Waals surface area contributed by atoms with Crippen molar-refractivity contribution in [3.05, 3.63) is 58.5 Å². The highest BCUT2D eigenvalue weighted by Crippen LogP contribution is 2.41. The van der Waals surface area contributed by atoms with Crippen LogP contribution in [-0.4, -0.2) is 79.8 Å². The molecule has 3 atom stereocenters. The summed E-state index contributed by atoms with van der Waals surface area (Å²) < 4.78 is 15.5. The number of anilines is 1. The lowest BCUT2D eigenvalue weighted by atomic mass is 10.0. The Balaban J connectivity index is 1.48. The van der Waals surface area contributed by atoms with Gasteiger partial charge in [0.05, 0.1) is 6.61 Å². The number of carbonyl (C=O) groups is 4. The van der Waals surface area contributed by atoms with Crippen LogP contribution in [0.5, 0.6) is 0 Å². The quantitative estimate of drug-likeness (QED) is 0.0582. The van der Waals surface area contributed by atoms with Crippen molar-refractivity contribution >= 4 is 64.0 Å². The number of fused-ring (bicyclic) bond motifs is 1. The predicted octanol–water partition coefficient (Wildman–Crippen LogP) is 3.14. The molecule has 1 saturated heterocycles. The standard InChI is InChI=1S/C28H32N6O8S2/c1-15(2)6-5-11-40-28(38)42-16(3)41-26(37)22-18(9-8-17-7-4-10-30-12-17)13-43-25-21(24(36)34(22)25)32-23(35)20(33-39)19-14-44-27(29)31-19/h4,7-10,12,14-16,21,25,39H,5-6,11,13H2,1-3H3,(H2,29,31)(H,32,35)/b9-8-,33-20?/t16?,21-,25-/m1/s1. The monoisotopic (exact) mass is 644 g/mol. The van der Waals surface area contributed by atoms with Gasteiger partial charge in [-0.2, -0.15) is 0 Å². The summed E-state index contributed by atoms with van der Waals surface area (Å²) in [5.74, 6) is -1.61. The maximum absolute atomic E-state index is 13.4. The first kappa shape index (κ1) is 32.5. The number of amides is 2. The molecule has 44 heavy (non-hydrogen) atoms. The molecule has 0 saturated carbocycles. The van der Waals surface area contributed by atoms with E-state index >= 15 is 0 Å². The van der Waals surface area contributed by atoms with Crippen molar-refractivity contribution in [2.75, 3.05) is 18.1 Å². The Labute approximate surface area is 261 Å². The molecule has 2 amide bonds. The third-order valence-electron chi connectivity index (χ3n) is 6.40. The first-order valence-corrected chi connectivity index (χ1v) is 15.6. The van der Waals surface area contributed by atoms with Gasteiger partial charge in [-0.05, 0) is 36.0 Å². The van der Waals surface area contributed by atoms with Crippen molar-refractivity contribution in [2.45, 2.75) is 51.3 Å². The van der Waals surface area contributed by atoms with Crippen LogP contribution in [-0.2, 0) is 28.6 Å². The SMILES string of the molecule is CC(C)CCCOC(=O)OC(C)OC(=O)C1=C(/C=C\c2cccnc2)CS[C@@H]2[C@H](NC(=O)C(=NO)c3csc(N)n3)C(=O)N12. The molecule has 0 spiro atoms. The lowest BCUT2D eigenvalue weighted by Crippen LogP contribution is -2.71. The molecule has 14 nitrogen and oxygen atoms in total. The van der Waals surface area contributed by atoms with E-state index in [-0.39, 0.29) is 28.9 Å². The van der Waals surface area contributed by atoms with Crippen LogP contribution in [0.4, 0.5) is 9.93 Å². The van der Waals surface area contributed by atoms with E-state index in [1.807, 2.05) is 6.07 Å². The topological polar surface area (TPSA) is 196 Å². The number of nitrogens with one attached hydrogen (secondary N) is 1. The molecule has 4 N–H and O–H groups in total. The van der Waals surface area contributed by atoms with Gasteiger partial charge in [-0.1, -0.05) is 37.2 Å². The minimum Gasteiger partial charge on any atom is -0.434 e. The maximum atomic E-state index is 13.4. The smallest absolute Gasteiger partial charge is 0.434 e. The molecular weight excluding hydrogens is 612 g/mol. The van der Waals surface area contributed by atoms with Gasteiger partial charge in [0, 0.05) is 30.5 Å². The fourth-order valence-electron chi connectivity index (χ4n) is 4.30. The Kier molecular flexibility index (Phi) is 10.9. The molecule has 2 aliphatic rings. The number of pyridine rings is 1. The van der Waals surface area contributed by atoms with Crippen LogP contribution in [0, 0.1) is 5.92 Å². The second kappa shape index (κ2) is 14.8. The summed E-state index contributed by atoms with van der Waals surface area (Å²) in [6, 6.07) is 2.54. The van der Waals surface area contributed by atoms with Crippen molar-refractivity contribution < 1.29 is 38.6 Å². The predicted molar refractivity (Wildman–Crippen MR) is 162 cm³/mol. The summed E-state index contributed by atoms with van der Waals surface area (Å²) >= 11 is 2.36. The highest BCUT2D eigenvalue weighted by atomic mass is 32.2. The number of β-lactam (4-membered cyclic amide) rings is 1. The number of carbonyl (C=O) groups excluding carboxylic acids is 4. The number of oxime groups is 1. The molecule has 0 bridgehead atoms. The van der Waals surface area contributed by atoms with Crippen LogP contribution in [0.15, 0.2) is 52.4 Å². The minimum atomic E-state index is -1.31. The molecule has 1 fully saturated rings. The number of rotatable bonds is 12. The lowest BCUT2D eigenvalue weighted by molar-refractivity contribution is -0.169. The van der Waals surface area contributed by atoms with Crippen LogP contribution in [0.1, 0.15) is 44.9 Å². The van der Waals surface area contributed by atoms with E-state index in [2.05, 4.69) is 34.3 Å². The molecular formula is C28H32N6O8S2. The van der Waals surface area contributed by atoms with Gasteiger partial charge in [0.1, 0.15) is 22.8 Å². The Morgan fingerprint density at radius 3 is 2.73 bits per heavy atom. The Bertz CT molecular complexity index is 1480. The van der Waals surface area contributed by atoms with Gasteiger partial charge in [-0.3, -0.25) is 19.5 Å². The van der Waals surface area contributed by atoms with Crippen molar-refractivity contribution in [2.24, 2.45) is 11.1 Å². The number of allylic oxidation sites excluding steroid dienone is 1. The largest absolute Gasteiger partial charge is 0.511 e. The first-order chi connectivity index (χ1) is 21.1. The number of hydrogen-bond acceptors (Lipinski definition) is 14. The lowest BCUT2D eigenvalue weighted by Gasteiger charge is -2.49. The van der Waals surface area contributed by atoms with Crippen LogP contribution >= 0.6 is 23.1 Å². The highest BCUT2D eigenvalue weighted by Gasteiger charge is 2.54. The second-order valence-corrected chi connectivity index (χ2v) is 12.1. The molecule has 2 aromatic rings. The van der Waals surface area contributed by atoms with E-state index in [1.165, 1.54) is 29.0 Å². The van der Waals surface area contributed by atoms with Gasteiger partial charge in [0.2, 0.25) is 6.29 Å². The number of aromatic nitrogens is 2. The van der Waals surface area contributed by atoms with Crippen LogP contribution < -0.4 is 11.1 Å². The maximum Gasteiger partial charge on any atom is 0.511 e. The van der Waals surface area contributed by atoms with Crippen LogP contribution in [0.2, 0.25) is 0 Å². The third kappa shape index (κ3) is 7.93. The Hall–Kier alpha value is -4.44. The van der Waals surface area contributed by atoms with E-state index in [0.29, 0.717) is 17.9 Å². The Morgan fingerprint density at radius 2 is 2.07 bits per heavy atom. The zero-order valence-electron chi connectivity index (χ0n) is 24.2. The summed E-state index contributed by atoms with van der Waals surface area (Å²) in [4.78, 5) is 61.0. The fourth-order valence-corrected chi connectivity index (χ4v) is 6.16. The van der Waals surface area contributed by atoms with Gasteiger partial charge in [-0.25, -0.2) is 14.6 Å².